The van der Waals surface area contributed by atoms with Crippen molar-refractivity contribution < 1.29 is 9.53 Å². The minimum Gasteiger partial charge on any atom is -0.494 e. The van der Waals surface area contributed by atoms with Crippen LogP contribution in [0.15, 0.2) is 18.2 Å². The molecule has 3 N–H and O–H groups in total. The maximum atomic E-state index is 12.1. The molecule has 1 amide bonds. The molecule has 0 bridgehead atoms. The zero-order chi connectivity index (χ0) is 13.7. The second-order valence-corrected chi connectivity index (χ2v) is 4.56. The van der Waals surface area contributed by atoms with E-state index in [1.54, 1.807) is 18.2 Å². The van der Waals surface area contributed by atoms with Gasteiger partial charge in [-0.2, -0.15) is 0 Å². The number of nitrogens with two attached hydrogens (primary N) is 1. The van der Waals surface area contributed by atoms with Gasteiger partial charge in [-0.1, -0.05) is 6.07 Å². The van der Waals surface area contributed by atoms with Gasteiger partial charge in [0.1, 0.15) is 0 Å². The third-order valence-corrected chi connectivity index (χ3v) is 2.51. The van der Waals surface area contributed by atoms with Crippen molar-refractivity contribution in [3.63, 3.8) is 0 Å². The number of hydrogen-bond acceptors (Lipinski definition) is 4. The monoisotopic (exact) mass is 251 g/mol. The van der Waals surface area contributed by atoms with Gasteiger partial charge in [0.25, 0.3) is 5.91 Å². The fraction of sp³-hybridized carbons (Fsp3) is 0.462. The predicted octanol–water partition coefficient (Wildman–Crippen LogP) is 0.957. The van der Waals surface area contributed by atoms with Crippen LogP contribution >= 0.6 is 0 Å². The van der Waals surface area contributed by atoms with Crippen LogP contribution in [-0.2, 0) is 0 Å². The smallest absolute Gasteiger partial charge is 0.255 e. The molecule has 0 heterocycles. The molecule has 5 heteroatoms. The van der Waals surface area contributed by atoms with E-state index in [4.69, 9.17) is 10.5 Å². The maximum Gasteiger partial charge on any atom is 0.255 e. The number of carbonyl (C=O) groups is 1. The van der Waals surface area contributed by atoms with Gasteiger partial charge in [-0.15, -0.1) is 0 Å². The first-order chi connectivity index (χ1) is 8.45. The molecule has 0 spiro atoms. The van der Waals surface area contributed by atoms with E-state index in [1.807, 2.05) is 25.9 Å². The van der Waals surface area contributed by atoms with Gasteiger partial charge >= 0.3 is 0 Å². The van der Waals surface area contributed by atoms with Gasteiger partial charge in [0.05, 0.1) is 18.4 Å². The Labute approximate surface area is 108 Å². The van der Waals surface area contributed by atoms with E-state index in [9.17, 15) is 4.79 Å². The number of likely N-dealkylation sites (N-methyl/N-ethyl adjacent to an activating group) is 1. The Morgan fingerprint density at radius 1 is 1.50 bits per heavy atom. The van der Waals surface area contributed by atoms with Crippen molar-refractivity contribution in [2.45, 2.75) is 13.0 Å². The topological polar surface area (TPSA) is 67.6 Å². The molecular weight excluding hydrogens is 230 g/mol. The number of carbonyl (C=O) groups excluding carboxylic acids is 1. The molecule has 1 aromatic carbocycles. The lowest BCUT2D eigenvalue weighted by Crippen LogP contribution is -2.39. The minimum absolute atomic E-state index is 0.0543. The molecule has 1 aromatic rings. The number of hydrogen-bond donors (Lipinski definition) is 2. The molecule has 1 atom stereocenters. The molecule has 1 unspecified atom stereocenters. The summed E-state index contributed by atoms with van der Waals surface area (Å²) in [5.74, 6) is 0.251. The summed E-state index contributed by atoms with van der Waals surface area (Å²) >= 11 is 0. The summed E-state index contributed by atoms with van der Waals surface area (Å²) < 4.78 is 5.16. The normalized spacial score (nSPS) is 12.3. The van der Waals surface area contributed by atoms with Crippen molar-refractivity contribution in [2.75, 3.05) is 33.5 Å². The van der Waals surface area contributed by atoms with Crippen LogP contribution in [0.3, 0.4) is 0 Å². The summed E-state index contributed by atoms with van der Waals surface area (Å²) in [6.45, 7) is 2.73. The van der Waals surface area contributed by atoms with E-state index in [1.165, 1.54) is 7.11 Å². The molecule has 1 rings (SSSR count). The highest BCUT2D eigenvalue weighted by molar-refractivity contribution is 5.98. The van der Waals surface area contributed by atoms with Crippen LogP contribution in [0.25, 0.3) is 0 Å². The van der Waals surface area contributed by atoms with E-state index in [0.29, 0.717) is 17.0 Å². The molecule has 100 valence electrons. The number of amides is 1. The summed E-state index contributed by atoms with van der Waals surface area (Å²) in [5, 5.41) is 2.91. The van der Waals surface area contributed by atoms with E-state index in [-0.39, 0.29) is 11.9 Å². The van der Waals surface area contributed by atoms with Gasteiger partial charge in [0.2, 0.25) is 0 Å². The van der Waals surface area contributed by atoms with Gasteiger partial charge in [-0.05, 0) is 33.2 Å². The Morgan fingerprint density at radius 3 is 2.72 bits per heavy atom. The highest BCUT2D eigenvalue weighted by Crippen LogP contribution is 2.25. The van der Waals surface area contributed by atoms with Crippen LogP contribution in [0.5, 0.6) is 5.75 Å². The Kier molecular flexibility index (Phi) is 4.97. The lowest BCUT2D eigenvalue weighted by Gasteiger charge is -2.19. The zero-order valence-electron chi connectivity index (χ0n) is 11.4. The molecular formula is C13H21N3O2. The van der Waals surface area contributed by atoms with Crippen molar-refractivity contribution in [3.05, 3.63) is 23.8 Å². The fourth-order valence-electron chi connectivity index (χ4n) is 1.86. The number of rotatable bonds is 5. The van der Waals surface area contributed by atoms with Crippen LogP contribution < -0.4 is 15.8 Å². The Morgan fingerprint density at radius 2 is 2.17 bits per heavy atom. The SMILES string of the molecule is COc1c(N)cccc1C(=O)NC(C)CN(C)C. The Hall–Kier alpha value is -1.75. The quantitative estimate of drug-likeness (QED) is 0.765. The van der Waals surface area contributed by atoms with Crippen molar-refractivity contribution in [3.8, 4) is 5.75 Å². The van der Waals surface area contributed by atoms with Crippen LogP contribution in [0, 0.1) is 0 Å². The van der Waals surface area contributed by atoms with Gasteiger partial charge in [-0.3, -0.25) is 4.79 Å². The lowest BCUT2D eigenvalue weighted by atomic mass is 10.1. The molecule has 0 aliphatic carbocycles. The summed E-state index contributed by atoms with van der Waals surface area (Å²) in [7, 11) is 5.43. The minimum atomic E-state index is -0.173. The molecule has 0 fully saturated rings. The standard InChI is InChI=1S/C13H21N3O2/c1-9(8-16(2)3)15-13(17)10-6-5-7-11(14)12(10)18-4/h5-7,9H,8,14H2,1-4H3,(H,15,17). The van der Waals surface area contributed by atoms with Crippen LogP contribution in [0.4, 0.5) is 5.69 Å². The number of nitrogens with zero attached hydrogens (tertiary/aromatic N) is 1. The van der Waals surface area contributed by atoms with Gasteiger partial charge in [0, 0.05) is 12.6 Å². The number of nitrogen functional groups attached to an aromatic ring is 1. The number of ether oxygens (including phenoxy) is 1. The molecule has 0 saturated carbocycles. The van der Waals surface area contributed by atoms with Gasteiger partial charge < -0.3 is 20.7 Å². The number of nitrogens with one attached hydrogen (secondary N) is 1. The molecule has 18 heavy (non-hydrogen) atoms. The second-order valence-electron chi connectivity index (χ2n) is 4.56. The van der Waals surface area contributed by atoms with E-state index in [0.717, 1.165) is 6.54 Å². The summed E-state index contributed by atoms with van der Waals surface area (Å²) in [4.78, 5) is 14.1. The summed E-state index contributed by atoms with van der Waals surface area (Å²) in [5.41, 5.74) is 6.69. The average Bonchev–Trinajstić information content (AvgIpc) is 2.27. The van der Waals surface area contributed by atoms with Crippen LogP contribution in [0.1, 0.15) is 17.3 Å². The Bertz CT molecular complexity index is 419. The largest absolute Gasteiger partial charge is 0.494 e. The third kappa shape index (κ3) is 3.63. The van der Waals surface area contributed by atoms with Crippen molar-refractivity contribution in [1.29, 1.82) is 0 Å². The fourth-order valence-corrected chi connectivity index (χ4v) is 1.86. The molecule has 0 radical (unpaired) electrons. The first kappa shape index (κ1) is 14.3. The highest BCUT2D eigenvalue weighted by Gasteiger charge is 2.16. The van der Waals surface area contributed by atoms with Crippen LogP contribution in [0.2, 0.25) is 0 Å². The van der Waals surface area contributed by atoms with Crippen molar-refractivity contribution in [2.24, 2.45) is 0 Å². The van der Waals surface area contributed by atoms with Crippen molar-refractivity contribution >= 4 is 11.6 Å². The summed E-state index contributed by atoms with van der Waals surface area (Å²) in [6, 6.07) is 5.20. The van der Waals surface area contributed by atoms with Crippen LogP contribution in [-0.4, -0.2) is 44.6 Å². The molecule has 0 saturated heterocycles. The predicted molar refractivity (Wildman–Crippen MR) is 72.9 cm³/mol. The van der Waals surface area contributed by atoms with E-state index in [2.05, 4.69) is 5.32 Å². The average molecular weight is 251 g/mol. The van der Waals surface area contributed by atoms with Gasteiger partial charge in [0.15, 0.2) is 5.75 Å². The number of benzene rings is 1. The molecule has 0 aliphatic rings. The first-order valence-electron chi connectivity index (χ1n) is 5.83. The zero-order valence-corrected chi connectivity index (χ0v) is 11.4. The van der Waals surface area contributed by atoms with Crippen molar-refractivity contribution in [1.82, 2.24) is 10.2 Å². The number of para-hydroxylation sites is 1. The first-order valence-corrected chi connectivity index (χ1v) is 5.83. The summed E-state index contributed by atoms with van der Waals surface area (Å²) in [6.07, 6.45) is 0. The maximum absolute atomic E-state index is 12.1. The van der Waals surface area contributed by atoms with E-state index >= 15 is 0 Å². The lowest BCUT2D eigenvalue weighted by molar-refractivity contribution is 0.0931. The molecule has 0 aromatic heterocycles. The molecule has 0 aliphatic heterocycles. The van der Waals surface area contributed by atoms with E-state index < -0.39 is 0 Å². The number of anilines is 1. The highest BCUT2D eigenvalue weighted by atomic mass is 16.5. The number of methoxy groups -OCH3 is 1. The Balaban J connectivity index is 2.81. The van der Waals surface area contributed by atoms with Gasteiger partial charge in [-0.25, -0.2) is 0 Å². The third-order valence-electron chi connectivity index (χ3n) is 2.51. The second kappa shape index (κ2) is 6.26. The molecule has 5 nitrogen and oxygen atoms in total.